The van der Waals surface area contributed by atoms with E-state index in [0.29, 0.717) is 43.4 Å². The van der Waals surface area contributed by atoms with Crippen molar-refractivity contribution in [3.8, 4) is 0 Å². The van der Waals surface area contributed by atoms with E-state index in [4.69, 9.17) is 4.74 Å². The van der Waals surface area contributed by atoms with Crippen LogP contribution in [0.1, 0.15) is 36.0 Å². The summed E-state index contributed by atoms with van der Waals surface area (Å²) in [5, 5.41) is 3.41. The van der Waals surface area contributed by atoms with Crippen LogP contribution in [0.3, 0.4) is 0 Å². The molecule has 0 saturated carbocycles. The standard InChI is InChI=1S/C18H22N3O3S/c1-2-3-4-5-16(22)20-18-19-14-12-13(6-7-15(14)25-18)17(23)21-8-10-24-11-9-21/h6-7,12H,1-5,8-11H2,(H,19,20,22). The molecular weight excluding hydrogens is 338 g/mol. The Morgan fingerprint density at radius 1 is 1.28 bits per heavy atom. The number of morpholine rings is 1. The first-order chi connectivity index (χ1) is 12.2. The number of nitrogens with one attached hydrogen (secondary N) is 1. The summed E-state index contributed by atoms with van der Waals surface area (Å²) in [6.45, 7) is 6.16. The summed E-state index contributed by atoms with van der Waals surface area (Å²) in [6, 6.07) is 5.50. The van der Waals surface area contributed by atoms with Crippen molar-refractivity contribution in [1.29, 1.82) is 0 Å². The van der Waals surface area contributed by atoms with Gasteiger partial charge >= 0.3 is 0 Å². The van der Waals surface area contributed by atoms with Gasteiger partial charge in [-0.15, -0.1) is 0 Å². The Bertz CT molecular complexity index is 753. The van der Waals surface area contributed by atoms with Crippen molar-refractivity contribution in [2.24, 2.45) is 0 Å². The van der Waals surface area contributed by atoms with E-state index in [-0.39, 0.29) is 11.8 Å². The molecular formula is C18H22N3O3S. The maximum atomic E-state index is 12.5. The summed E-state index contributed by atoms with van der Waals surface area (Å²) in [5.74, 6) is -0.0333. The van der Waals surface area contributed by atoms with E-state index < -0.39 is 0 Å². The fraction of sp³-hybridized carbons (Fsp3) is 0.444. The molecule has 1 aromatic heterocycles. The number of benzene rings is 1. The van der Waals surface area contributed by atoms with Crippen LogP contribution in [0.25, 0.3) is 10.2 Å². The fourth-order valence-corrected chi connectivity index (χ4v) is 3.57. The molecule has 1 aromatic carbocycles. The Kier molecular flexibility index (Phi) is 5.99. The average Bonchev–Trinajstić information content (AvgIpc) is 3.03. The number of fused-ring (bicyclic) bond motifs is 1. The van der Waals surface area contributed by atoms with Crippen molar-refractivity contribution in [3.63, 3.8) is 0 Å². The first-order valence-electron chi connectivity index (χ1n) is 8.54. The van der Waals surface area contributed by atoms with E-state index in [1.54, 1.807) is 11.0 Å². The van der Waals surface area contributed by atoms with Gasteiger partial charge in [-0.1, -0.05) is 31.1 Å². The Labute approximate surface area is 151 Å². The molecule has 6 nitrogen and oxygen atoms in total. The zero-order chi connectivity index (χ0) is 17.6. The van der Waals surface area contributed by atoms with Gasteiger partial charge in [0, 0.05) is 25.1 Å². The Morgan fingerprint density at radius 2 is 2.08 bits per heavy atom. The molecule has 1 saturated heterocycles. The Morgan fingerprint density at radius 3 is 2.84 bits per heavy atom. The number of amides is 2. The molecule has 1 fully saturated rings. The van der Waals surface area contributed by atoms with E-state index in [9.17, 15) is 9.59 Å². The van der Waals surface area contributed by atoms with E-state index >= 15 is 0 Å². The molecule has 0 bridgehead atoms. The van der Waals surface area contributed by atoms with Gasteiger partial charge in [0.15, 0.2) is 5.13 Å². The normalized spacial score (nSPS) is 14.7. The molecule has 25 heavy (non-hydrogen) atoms. The lowest BCUT2D eigenvalue weighted by molar-refractivity contribution is -0.116. The molecule has 1 N–H and O–H groups in total. The predicted molar refractivity (Wildman–Crippen MR) is 98.8 cm³/mol. The van der Waals surface area contributed by atoms with Crippen molar-refractivity contribution >= 4 is 38.5 Å². The molecule has 1 radical (unpaired) electrons. The van der Waals surface area contributed by atoms with E-state index in [2.05, 4.69) is 17.2 Å². The van der Waals surface area contributed by atoms with Gasteiger partial charge < -0.3 is 15.0 Å². The molecule has 133 valence electrons. The third-order valence-electron chi connectivity index (χ3n) is 4.08. The van der Waals surface area contributed by atoms with Crippen LogP contribution in [0, 0.1) is 6.92 Å². The first kappa shape index (κ1) is 17.8. The largest absolute Gasteiger partial charge is 0.378 e. The summed E-state index contributed by atoms with van der Waals surface area (Å²) in [4.78, 5) is 30.7. The third-order valence-corrected chi connectivity index (χ3v) is 5.03. The minimum Gasteiger partial charge on any atom is -0.378 e. The van der Waals surface area contributed by atoms with E-state index in [1.807, 2.05) is 12.1 Å². The second-order valence-electron chi connectivity index (χ2n) is 5.96. The number of carbonyl (C=O) groups is 2. The van der Waals surface area contributed by atoms with Crippen molar-refractivity contribution in [2.75, 3.05) is 31.6 Å². The van der Waals surface area contributed by atoms with Crippen LogP contribution in [-0.2, 0) is 9.53 Å². The number of hydrogen-bond acceptors (Lipinski definition) is 5. The summed E-state index contributed by atoms with van der Waals surface area (Å²) < 4.78 is 6.23. The van der Waals surface area contributed by atoms with Crippen LogP contribution in [0.15, 0.2) is 18.2 Å². The topological polar surface area (TPSA) is 71.5 Å². The quantitative estimate of drug-likeness (QED) is 0.804. The lowest BCUT2D eigenvalue weighted by Gasteiger charge is -2.26. The molecule has 2 aromatic rings. The summed E-state index contributed by atoms with van der Waals surface area (Å²) in [7, 11) is 0. The number of rotatable bonds is 6. The maximum absolute atomic E-state index is 12.5. The number of thiazole rings is 1. The van der Waals surface area contributed by atoms with Gasteiger partial charge in [-0.25, -0.2) is 4.98 Å². The number of nitrogens with zero attached hydrogens (tertiary/aromatic N) is 2. The highest BCUT2D eigenvalue weighted by molar-refractivity contribution is 7.22. The Balaban J connectivity index is 1.68. The van der Waals surface area contributed by atoms with Crippen LogP contribution in [0.4, 0.5) is 5.13 Å². The molecule has 2 amide bonds. The van der Waals surface area contributed by atoms with Crippen molar-refractivity contribution in [3.05, 3.63) is 30.7 Å². The summed E-state index contributed by atoms with van der Waals surface area (Å²) >= 11 is 1.42. The highest BCUT2D eigenvalue weighted by Crippen LogP contribution is 2.27. The van der Waals surface area contributed by atoms with Crippen molar-refractivity contribution in [1.82, 2.24) is 9.88 Å². The molecule has 2 heterocycles. The monoisotopic (exact) mass is 360 g/mol. The zero-order valence-corrected chi connectivity index (χ0v) is 14.9. The average molecular weight is 360 g/mol. The molecule has 1 aliphatic heterocycles. The maximum Gasteiger partial charge on any atom is 0.254 e. The SMILES string of the molecule is [CH2]CCCCC(=O)Nc1nc2cc(C(=O)N3CCOCC3)ccc2s1. The van der Waals surface area contributed by atoms with Crippen LogP contribution < -0.4 is 5.32 Å². The van der Waals surface area contributed by atoms with Crippen LogP contribution in [0.2, 0.25) is 0 Å². The zero-order valence-electron chi connectivity index (χ0n) is 14.1. The van der Waals surface area contributed by atoms with E-state index in [1.165, 1.54) is 11.3 Å². The van der Waals surface area contributed by atoms with Gasteiger partial charge in [-0.3, -0.25) is 9.59 Å². The van der Waals surface area contributed by atoms with Gasteiger partial charge in [0.2, 0.25) is 5.91 Å². The van der Waals surface area contributed by atoms with Crippen molar-refractivity contribution < 1.29 is 14.3 Å². The smallest absolute Gasteiger partial charge is 0.254 e. The lowest BCUT2D eigenvalue weighted by Crippen LogP contribution is -2.40. The van der Waals surface area contributed by atoms with Gasteiger partial charge in [0.1, 0.15) is 0 Å². The van der Waals surface area contributed by atoms with Crippen LogP contribution >= 0.6 is 11.3 Å². The van der Waals surface area contributed by atoms with Gasteiger partial charge in [0.25, 0.3) is 5.91 Å². The highest BCUT2D eigenvalue weighted by atomic mass is 32.1. The number of anilines is 1. The van der Waals surface area contributed by atoms with Gasteiger partial charge in [-0.05, 0) is 24.6 Å². The van der Waals surface area contributed by atoms with Gasteiger partial charge in [-0.2, -0.15) is 0 Å². The van der Waals surface area contributed by atoms with Crippen LogP contribution in [0.5, 0.6) is 0 Å². The fourth-order valence-electron chi connectivity index (χ4n) is 2.71. The molecule has 0 unspecified atom stereocenters. The molecule has 3 rings (SSSR count). The predicted octanol–water partition coefficient (Wildman–Crippen LogP) is 3.10. The number of ether oxygens (including phenoxy) is 1. The number of hydrogen-bond donors (Lipinski definition) is 1. The minimum absolute atomic E-state index is 0.00281. The molecule has 0 aliphatic carbocycles. The third kappa shape index (κ3) is 4.55. The minimum atomic E-state index is -0.0304. The van der Waals surface area contributed by atoms with Gasteiger partial charge in [0.05, 0.1) is 23.4 Å². The van der Waals surface area contributed by atoms with Crippen LogP contribution in [-0.4, -0.2) is 48.0 Å². The molecule has 7 heteroatoms. The van der Waals surface area contributed by atoms with E-state index in [0.717, 1.165) is 29.5 Å². The highest BCUT2D eigenvalue weighted by Gasteiger charge is 2.19. The summed E-state index contributed by atoms with van der Waals surface area (Å²) in [6.07, 6.45) is 3.10. The molecule has 1 aliphatic rings. The second kappa shape index (κ2) is 8.40. The Hall–Kier alpha value is -1.99. The lowest BCUT2D eigenvalue weighted by atomic mass is 10.2. The molecule has 0 spiro atoms. The number of unbranched alkanes of at least 4 members (excludes halogenated alkanes) is 2. The number of aromatic nitrogens is 1. The molecule has 0 atom stereocenters. The first-order valence-corrected chi connectivity index (χ1v) is 9.36. The number of carbonyl (C=O) groups excluding carboxylic acids is 2. The summed E-state index contributed by atoms with van der Waals surface area (Å²) in [5.41, 5.74) is 1.35. The second-order valence-corrected chi connectivity index (χ2v) is 7.00. The van der Waals surface area contributed by atoms with Crippen molar-refractivity contribution in [2.45, 2.75) is 25.7 Å².